The fraction of sp³-hybridized carbons (Fsp3) is 0.176. The summed E-state index contributed by atoms with van der Waals surface area (Å²) in [5.74, 6) is 4.51. The molecule has 0 fully saturated rings. The summed E-state index contributed by atoms with van der Waals surface area (Å²) in [4.78, 5) is 17.7. The predicted octanol–water partition coefficient (Wildman–Crippen LogP) is 16.5. The molecule has 0 saturated carbocycles. The number of ether oxygens (including phenoxy) is 4. The zero-order chi connectivity index (χ0) is 56.1. The fourth-order valence-corrected chi connectivity index (χ4v) is 13.5. The van der Waals surface area contributed by atoms with E-state index in [1.807, 2.05) is 36.4 Å². The van der Waals surface area contributed by atoms with Crippen LogP contribution in [0.5, 0.6) is 23.0 Å². The first-order valence-corrected chi connectivity index (χ1v) is 28.1. The van der Waals surface area contributed by atoms with E-state index in [4.69, 9.17) is 33.9 Å². The Bertz CT molecular complexity index is 4720. The summed E-state index contributed by atoms with van der Waals surface area (Å²) in [5.41, 5.74) is 12.6. The molecule has 3 heterocycles. The van der Waals surface area contributed by atoms with Gasteiger partial charge >= 0.3 is 0 Å². The third-order valence-corrected chi connectivity index (χ3v) is 17.6. The minimum absolute atomic E-state index is 0.0479. The van der Waals surface area contributed by atoms with E-state index in [-0.39, 0.29) is 10.8 Å². The molecule has 1 unspecified atom stereocenters. The Balaban J connectivity index is 1.17. The molecule has 400 valence electrons. The Kier molecular flexibility index (Phi) is 10.7. The van der Waals surface area contributed by atoms with Crippen LogP contribution in [0.1, 0.15) is 74.9 Å². The lowest BCUT2D eigenvalue weighted by Gasteiger charge is -2.40. The van der Waals surface area contributed by atoms with Gasteiger partial charge in [-0.3, -0.25) is 0 Å². The molecule has 0 amide bonds. The fourth-order valence-electron chi connectivity index (χ4n) is 13.5. The highest BCUT2D eigenvalue weighted by Crippen LogP contribution is 2.62. The molecular weight excluding hydrogens is 1010 g/mol. The van der Waals surface area contributed by atoms with Gasteiger partial charge in [-0.2, -0.15) is 0 Å². The molecule has 8 nitrogen and oxygen atoms in total. The zero-order valence-electron chi connectivity index (χ0n) is 47.7. The van der Waals surface area contributed by atoms with E-state index in [0.29, 0.717) is 5.82 Å². The first-order valence-electron chi connectivity index (χ1n) is 28.1. The summed E-state index contributed by atoms with van der Waals surface area (Å²) in [7, 11) is 6.81. The average molecular weight is 1070 g/mol. The van der Waals surface area contributed by atoms with Gasteiger partial charge in [0.25, 0.3) is 0 Å². The third-order valence-electron chi connectivity index (χ3n) is 17.6. The number of benzene rings is 11. The van der Waals surface area contributed by atoms with Crippen molar-refractivity contribution in [1.29, 1.82) is 0 Å². The second-order valence-corrected chi connectivity index (χ2v) is 24.2. The van der Waals surface area contributed by atoms with Crippen molar-refractivity contribution < 1.29 is 18.9 Å². The number of hydrogen-bond acceptors (Lipinski definition) is 7. The Labute approximate surface area is 476 Å². The van der Waals surface area contributed by atoms with Crippen LogP contribution in [0, 0.1) is 0 Å². The summed E-state index contributed by atoms with van der Waals surface area (Å²) in [6, 6.07) is 63.8. The van der Waals surface area contributed by atoms with E-state index in [2.05, 4.69) is 192 Å². The number of aromatic nitrogens is 2. The summed E-state index contributed by atoms with van der Waals surface area (Å²) >= 11 is 0. The lowest BCUT2D eigenvalue weighted by Crippen LogP contribution is -2.40. The molecule has 1 spiro atoms. The van der Waals surface area contributed by atoms with Crippen LogP contribution >= 0.6 is 0 Å². The van der Waals surface area contributed by atoms with E-state index in [1.54, 1.807) is 28.4 Å². The maximum absolute atomic E-state index is 5.98. The van der Waals surface area contributed by atoms with Crippen LogP contribution in [0.25, 0.3) is 93.8 Å². The maximum Gasteiger partial charge on any atom is 0.159 e. The van der Waals surface area contributed by atoms with Crippen molar-refractivity contribution in [3.63, 3.8) is 0 Å². The molecule has 0 N–H and O–H groups in total. The zero-order valence-corrected chi connectivity index (χ0v) is 47.7. The molecule has 82 heavy (non-hydrogen) atoms. The number of allylic oxidation sites excluding steroid dienone is 1. The van der Waals surface area contributed by atoms with Gasteiger partial charge in [0.1, 0.15) is 34.4 Å². The SMILES string of the molecule is COc1ccc(C2=NC(=C3C=c4ccc5cc(C(C)(C)C)cc6ccc(c4c65)C34c3c(cc5ccc6cc(C(C)(C)C)cc7ccc3c5c67)-c3nc(-c5ccc(OC)cc5)c(-c5ccc(OC)cc5)n34)N=C2c2ccc(OC)cc2)cc1. The highest BCUT2D eigenvalue weighted by molar-refractivity contribution is 6.55. The van der Waals surface area contributed by atoms with E-state index in [9.17, 15) is 0 Å². The number of imidazole rings is 1. The van der Waals surface area contributed by atoms with Crippen molar-refractivity contribution >= 4 is 71.4 Å². The minimum atomic E-state index is -1.16. The van der Waals surface area contributed by atoms with E-state index in [0.717, 1.165) is 112 Å². The quantitative estimate of drug-likeness (QED) is 0.142. The Morgan fingerprint density at radius 2 is 0.854 bits per heavy atom. The van der Waals surface area contributed by atoms with Crippen molar-refractivity contribution in [2.75, 3.05) is 28.4 Å². The van der Waals surface area contributed by atoms with Crippen molar-refractivity contribution in [1.82, 2.24) is 9.55 Å². The molecule has 8 heteroatoms. The molecular formula is C74H60N4O4. The van der Waals surface area contributed by atoms with Gasteiger partial charge in [-0.1, -0.05) is 114 Å². The smallest absolute Gasteiger partial charge is 0.159 e. The topological polar surface area (TPSA) is 79.5 Å². The van der Waals surface area contributed by atoms with Gasteiger partial charge in [0.05, 0.1) is 51.3 Å². The molecule has 15 rings (SSSR count). The van der Waals surface area contributed by atoms with E-state index >= 15 is 0 Å². The number of nitrogens with zero attached hydrogens (tertiary/aromatic N) is 4. The molecule has 1 atom stereocenters. The molecule has 3 aliphatic rings. The number of hydrogen-bond donors (Lipinski definition) is 0. The Morgan fingerprint density at radius 3 is 1.34 bits per heavy atom. The van der Waals surface area contributed by atoms with Gasteiger partial charge in [-0.25, -0.2) is 15.0 Å². The van der Waals surface area contributed by atoms with Gasteiger partial charge in [0, 0.05) is 39.0 Å². The van der Waals surface area contributed by atoms with Crippen LogP contribution in [0.4, 0.5) is 0 Å². The van der Waals surface area contributed by atoms with Crippen LogP contribution in [-0.2, 0) is 16.4 Å². The molecule has 2 aliphatic heterocycles. The Hall–Kier alpha value is -9.53. The number of aliphatic imine (C=N–C) groups is 2. The lowest BCUT2D eigenvalue weighted by molar-refractivity contribution is 0.414. The molecule has 1 aliphatic carbocycles. The summed E-state index contributed by atoms with van der Waals surface area (Å²) in [5, 5.41) is 13.1. The predicted molar refractivity (Wildman–Crippen MR) is 336 cm³/mol. The highest BCUT2D eigenvalue weighted by Gasteiger charge is 2.55. The van der Waals surface area contributed by atoms with Gasteiger partial charge < -0.3 is 23.5 Å². The monoisotopic (exact) mass is 1070 g/mol. The standard InChI is InChI=1S/C74H60N4O4/c1-72(2,3)51-35-45-11-13-49-39-58-65(57-33-23-47(37-51)61(45)63(49)57)74(78-69(44-21-31-56(82-10)32-22-44)68(77-71(58)78)43-19-29-55(81-9)30-20-43)59-34-24-48-38-52(73(4,5)6)36-46-12-14-50(64(59)62(46)48)40-60(74)70-75-66(41-15-25-53(79-7)26-16-41)67(76-70)42-17-27-54(80-8)28-18-42/h11-40H,1-10H3. The highest BCUT2D eigenvalue weighted by atomic mass is 16.5. The summed E-state index contributed by atoms with van der Waals surface area (Å²) < 4.78 is 25.6. The molecule has 12 aromatic rings. The average Bonchev–Trinajstić information content (AvgIpc) is 1.51. The maximum atomic E-state index is 5.98. The lowest BCUT2D eigenvalue weighted by atomic mass is 9.69. The number of rotatable bonds is 8. The third kappa shape index (κ3) is 7.13. The molecule has 0 radical (unpaired) electrons. The van der Waals surface area contributed by atoms with Crippen molar-refractivity contribution in [3.8, 4) is 56.9 Å². The van der Waals surface area contributed by atoms with Crippen LogP contribution in [0.2, 0.25) is 0 Å². The van der Waals surface area contributed by atoms with Crippen LogP contribution in [-0.4, -0.2) is 49.4 Å². The molecule has 11 aromatic carbocycles. The summed E-state index contributed by atoms with van der Waals surface area (Å²) in [6.45, 7) is 13.8. The van der Waals surface area contributed by atoms with Gasteiger partial charge in [0.15, 0.2) is 5.82 Å². The van der Waals surface area contributed by atoms with Gasteiger partial charge in [0.2, 0.25) is 0 Å². The molecule has 0 bridgehead atoms. The number of methoxy groups -OCH3 is 4. The largest absolute Gasteiger partial charge is 0.497 e. The normalized spacial score (nSPS) is 15.7. The second-order valence-electron chi connectivity index (χ2n) is 24.2. The molecule has 0 saturated heterocycles. The van der Waals surface area contributed by atoms with Crippen molar-refractivity contribution in [3.05, 3.63) is 226 Å². The Morgan fingerprint density at radius 1 is 0.427 bits per heavy atom. The first kappa shape index (κ1) is 49.5. The van der Waals surface area contributed by atoms with Crippen molar-refractivity contribution in [2.24, 2.45) is 9.98 Å². The van der Waals surface area contributed by atoms with Crippen LogP contribution in [0.15, 0.2) is 197 Å². The van der Waals surface area contributed by atoms with Crippen LogP contribution in [0.3, 0.4) is 0 Å². The van der Waals surface area contributed by atoms with E-state index < -0.39 is 5.54 Å². The van der Waals surface area contributed by atoms with Crippen molar-refractivity contribution in [2.45, 2.75) is 57.9 Å². The second kappa shape index (κ2) is 17.7. The van der Waals surface area contributed by atoms with Crippen LogP contribution < -0.4 is 24.2 Å². The van der Waals surface area contributed by atoms with Gasteiger partial charge in [-0.05, 0) is 196 Å². The number of fused-ring (bicyclic) bond motifs is 7. The summed E-state index contributed by atoms with van der Waals surface area (Å²) in [6.07, 6.45) is 2.40. The van der Waals surface area contributed by atoms with Gasteiger partial charge in [-0.15, -0.1) is 0 Å². The first-order chi connectivity index (χ1) is 39.7. The van der Waals surface area contributed by atoms with E-state index in [1.165, 1.54) is 54.2 Å². The molecule has 1 aromatic heterocycles. The minimum Gasteiger partial charge on any atom is -0.497 e.